The molecule has 5 heteroatoms. The van der Waals surface area contributed by atoms with Crippen molar-refractivity contribution in [3.63, 3.8) is 0 Å². The lowest BCUT2D eigenvalue weighted by atomic mass is 9.84. The first-order chi connectivity index (χ1) is 10.0. The summed E-state index contributed by atoms with van der Waals surface area (Å²) < 4.78 is 1.76. The fourth-order valence-electron chi connectivity index (χ4n) is 3.16. The van der Waals surface area contributed by atoms with Crippen LogP contribution in [0.4, 0.5) is 0 Å². The SMILES string of the molecule is CCc1nn(C)c(CC(=O)CC(C)C2CCCNC2)c1Cl. The van der Waals surface area contributed by atoms with E-state index in [0.29, 0.717) is 29.7 Å². The van der Waals surface area contributed by atoms with Crippen molar-refractivity contribution in [2.75, 3.05) is 13.1 Å². The van der Waals surface area contributed by atoms with Crippen molar-refractivity contribution >= 4 is 17.4 Å². The van der Waals surface area contributed by atoms with Crippen LogP contribution in [0.2, 0.25) is 5.02 Å². The summed E-state index contributed by atoms with van der Waals surface area (Å²) in [5.74, 6) is 1.32. The highest BCUT2D eigenvalue weighted by Crippen LogP contribution is 2.25. The highest BCUT2D eigenvalue weighted by Gasteiger charge is 2.23. The van der Waals surface area contributed by atoms with E-state index in [0.717, 1.165) is 30.9 Å². The molecule has 0 aliphatic carbocycles. The number of hydrogen-bond donors (Lipinski definition) is 1. The third kappa shape index (κ3) is 4.07. The van der Waals surface area contributed by atoms with Crippen LogP contribution < -0.4 is 5.32 Å². The second-order valence-corrected chi connectivity index (χ2v) is 6.57. The topological polar surface area (TPSA) is 46.9 Å². The lowest BCUT2D eigenvalue weighted by molar-refractivity contribution is -0.119. The second-order valence-electron chi connectivity index (χ2n) is 6.19. The summed E-state index contributed by atoms with van der Waals surface area (Å²) in [5, 5.41) is 8.46. The lowest BCUT2D eigenvalue weighted by Gasteiger charge is -2.28. The van der Waals surface area contributed by atoms with E-state index < -0.39 is 0 Å². The number of hydrogen-bond acceptors (Lipinski definition) is 3. The van der Waals surface area contributed by atoms with Gasteiger partial charge in [0.05, 0.1) is 16.4 Å². The highest BCUT2D eigenvalue weighted by atomic mass is 35.5. The largest absolute Gasteiger partial charge is 0.316 e. The Morgan fingerprint density at radius 3 is 2.90 bits per heavy atom. The van der Waals surface area contributed by atoms with Crippen LogP contribution in [-0.4, -0.2) is 28.7 Å². The third-order valence-electron chi connectivity index (χ3n) is 4.56. The molecule has 0 bridgehead atoms. The van der Waals surface area contributed by atoms with Gasteiger partial charge in [0.15, 0.2) is 0 Å². The summed E-state index contributed by atoms with van der Waals surface area (Å²) in [6.45, 7) is 6.37. The molecule has 0 radical (unpaired) electrons. The summed E-state index contributed by atoms with van der Waals surface area (Å²) >= 11 is 6.31. The van der Waals surface area contributed by atoms with Gasteiger partial charge in [-0.25, -0.2) is 0 Å². The Morgan fingerprint density at radius 2 is 2.33 bits per heavy atom. The summed E-state index contributed by atoms with van der Waals surface area (Å²) in [4.78, 5) is 12.3. The number of rotatable bonds is 6. The molecule has 0 aromatic carbocycles. The van der Waals surface area contributed by atoms with Crippen molar-refractivity contribution < 1.29 is 4.79 Å². The molecule has 2 rings (SSSR count). The van der Waals surface area contributed by atoms with Gasteiger partial charge < -0.3 is 5.32 Å². The minimum Gasteiger partial charge on any atom is -0.316 e. The van der Waals surface area contributed by atoms with Crippen LogP contribution in [-0.2, 0) is 24.7 Å². The Labute approximate surface area is 132 Å². The molecule has 118 valence electrons. The first-order valence-corrected chi connectivity index (χ1v) is 8.33. The molecular formula is C16H26ClN3O. The van der Waals surface area contributed by atoms with Crippen LogP contribution in [0.3, 0.4) is 0 Å². The quantitative estimate of drug-likeness (QED) is 0.878. The smallest absolute Gasteiger partial charge is 0.139 e. The average molecular weight is 312 g/mol. The zero-order valence-electron chi connectivity index (χ0n) is 13.3. The van der Waals surface area contributed by atoms with Crippen LogP contribution in [0.5, 0.6) is 0 Å². The number of ketones is 1. The van der Waals surface area contributed by atoms with E-state index >= 15 is 0 Å². The maximum Gasteiger partial charge on any atom is 0.139 e. The van der Waals surface area contributed by atoms with Gasteiger partial charge in [0.2, 0.25) is 0 Å². The zero-order valence-corrected chi connectivity index (χ0v) is 14.0. The van der Waals surface area contributed by atoms with E-state index in [1.165, 1.54) is 12.8 Å². The molecule has 1 aliphatic heterocycles. The van der Waals surface area contributed by atoms with Crippen molar-refractivity contribution in [1.82, 2.24) is 15.1 Å². The van der Waals surface area contributed by atoms with E-state index in [9.17, 15) is 4.79 Å². The van der Waals surface area contributed by atoms with E-state index in [4.69, 9.17) is 11.6 Å². The lowest BCUT2D eigenvalue weighted by Crippen LogP contribution is -2.34. The molecule has 1 aromatic rings. The molecule has 1 saturated heterocycles. The van der Waals surface area contributed by atoms with Crippen molar-refractivity contribution in [3.05, 3.63) is 16.4 Å². The Bertz CT molecular complexity index is 492. The van der Waals surface area contributed by atoms with Crippen LogP contribution >= 0.6 is 11.6 Å². The van der Waals surface area contributed by atoms with E-state index in [1.807, 2.05) is 14.0 Å². The second kappa shape index (κ2) is 7.41. The predicted octanol–water partition coefficient (Wildman–Crippen LogP) is 2.77. The van der Waals surface area contributed by atoms with Gasteiger partial charge in [0.1, 0.15) is 5.78 Å². The molecule has 0 saturated carbocycles. The average Bonchev–Trinajstić information content (AvgIpc) is 2.75. The van der Waals surface area contributed by atoms with Gasteiger partial charge in [-0.3, -0.25) is 9.48 Å². The van der Waals surface area contributed by atoms with Gasteiger partial charge in [-0.2, -0.15) is 5.10 Å². The molecule has 2 atom stereocenters. The number of halogens is 1. The summed E-state index contributed by atoms with van der Waals surface area (Å²) in [7, 11) is 1.86. The molecule has 1 aromatic heterocycles. The van der Waals surface area contributed by atoms with E-state index in [-0.39, 0.29) is 5.78 Å². The number of carbonyl (C=O) groups excluding carboxylic acids is 1. The molecule has 2 heterocycles. The normalized spacial score (nSPS) is 20.5. The number of aryl methyl sites for hydroxylation is 2. The van der Waals surface area contributed by atoms with Crippen molar-refractivity contribution in [3.8, 4) is 0 Å². The molecule has 0 amide bonds. The Morgan fingerprint density at radius 1 is 1.57 bits per heavy atom. The Hall–Kier alpha value is -0.870. The predicted molar refractivity (Wildman–Crippen MR) is 85.7 cm³/mol. The van der Waals surface area contributed by atoms with Gasteiger partial charge in [-0.15, -0.1) is 0 Å². The van der Waals surface area contributed by atoms with E-state index in [1.54, 1.807) is 4.68 Å². The van der Waals surface area contributed by atoms with Crippen molar-refractivity contribution in [2.45, 2.75) is 46.0 Å². The number of piperidine rings is 1. The zero-order chi connectivity index (χ0) is 15.4. The fourth-order valence-corrected chi connectivity index (χ4v) is 3.52. The Kier molecular flexibility index (Phi) is 5.82. The number of carbonyl (C=O) groups is 1. The molecule has 21 heavy (non-hydrogen) atoms. The first-order valence-electron chi connectivity index (χ1n) is 7.95. The summed E-state index contributed by atoms with van der Waals surface area (Å²) in [6.07, 6.45) is 4.28. The van der Waals surface area contributed by atoms with Crippen LogP contribution in [0, 0.1) is 11.8 Å². The maximum atomic E-state index is 12.3. The number of nitrogens with zero attached hydrogens (tertiary/aromatic N) is 2. The molecule has 1 N–H and O–H groups in total. The minimum absolute atomic E-state index is 0.264. The molecule has 1 aliphatic rings. The highest BCUT2D eigenvalue weighted by molar-refractivity contribution is 6.32. The Balaban J connectivity index is 1.93. The molecule has 1 fully saturated rings. The number of aromatic nitrogens is 2. The van der Waals surface area contributed by atoms with Gasteiger partial charge in [-0.1, -0.05) is 25.4 Å². The fraction of sp³-hybridized carbons (Fsp3) is 0.750. The monoisotopic (exact) mass is 311 g/mol. The minimum atomic E-state index is 0.264. The van der Waals surface area contributed by atoms with Gasteiger partial charge >= 0.3 is 0 Å². The van der Waals surface area contributed by atoms with Crippen LogP contribution in [0.25, 0.3) is 0 Å². The molecule has 2 unspecified atom stereocenters. The summed E-state index contributed by atoms with van der Waals surface area (Å²) in [5.41, 5.74) is 1.74. The number of Topliss-reactive ketones (excluding diaryl/α,β-unsaturated/α-hetero) is 1. The van der Waals surface area contributed by atoms with Crippen LogP contribution in [0.15, 0.2) is 0 Å². The standard InChI is InChI=1S/C16H26ClN3O/c1-4-14-16(17)15(20(3)19-14)9-13(21)8-11(2)12-6-5-7-18-10-12/h11-12,18H,4-10H2,1-3H3. The summed E-state index contributed by atoms with van der Waals surface area (Å²) in [6, 6.07) is 0. The van der Waals surface area contributed by atoms with E-state index in [2.05, 4.69) is 17.3 Å². The molecular weight excluding hydrogens is 286 g/mol. The number of nitrogens with one attached hydrogen (secondary N) is 1. The first kappa shape index (κ1) is 16.5. The van der Waals surface area contributed by atoms with Gasteiger partial charge in [0, 0.05) is 19.9 Å². The van der Waals surface area contributed by atoms with Gasteiger partial charge in [0.25, 0.3) is 0 Å². The van der Waals surface area contributed by atoms with Crippen molar-refractivity contribution in [2.24, 2.45) is 18.9 Å². The molecule has 4 nitrogen and oxygen atoms in total. The molecule has 0 spiro atoms. The third-order valence-corrected chi connectivity index (χ3v) is 4.99. The van der Waals surface area contributed by atoms with Gasteiger partial charge in [-0.05, 0) is 44.2 Å². The van der Waals surface area contributed by atoms with Crippen LogP contribution in [0.1, 0.15) is 44.5 Å². The maximum absolute atomic E-state index is 12.3. The van der Waals surface area contributed by atoms with Crippen molar-refractivity contribution in [1.29, 1.82) is 0 Å².